The maximum absolute atomic E-state index is 12.1. The average Bonchev–Trinajstić information content (AvgIpc) is 1.66. The molecule has 0 atom stereocenters. The van der Waals surface area contributed by atoms with Gasteiger partial charge in [-0.3, -0.25) is 32.9 Å². The first-order valence-corrected chi connectivity index (χ1v) is 37.9. The van der Waals surface area contributed by atoms with Crippen molar-refractivity contribution in [1.82, 2.24) is 122 Å². The number of carbonyl (C=O) groups is 2. The number of nitrogens with zero attached hydrogens (tertiary/aromatic N) is 24. The van der Waals surface area contributed by atoms with E-state index in [0.717, 1.165) is 174 Å². The van der Waals surface area contributed by atoms with Crippen LogP contribution < -0.4 is 5.32 Å². The first-order chi connectivity index (χ1) is 50.1. The molecule has 0 unspecified atom stereocenters. The molecule has 103 heavy (non-hydrogen) atoms. The Morgan fingerprint density at radius 1 is 0.447 bits per heavy atom. The molecule has 30 nitrogen and oxygen atoms in total. The molecule has 15 rings (SSSR count). The number of amides is 3. The Bertz CT molecular complexity index is 4930. The first kappa shape index (κ1) is 71.1. The second kappa shape index (κ2) is 31.5. The quantitative estimate of drug-likeness (QED) is 0.0699. The lowest BCUT2D eigenvalue weighted by Crippen LogP contribution is -2.43. The van der Waals surface area contributed by atoms with E-state index in [1.165, 1.54) is 10.6 Å². The Balaban J connectivity index is 0.000000138. The molecule has 3 saturated heterocycles. The molecular weight excluding hydrogens is 1330 g/mol. The number of rotatable bonds is 21. The number of methoxy groups -OCH3 is 1. The molecule has 3 amide bonds. The van der Waals surface area contributed by atoms with E-state index in [2.05, 4.69) is 118 Å². The zero-order valence-electron chi connectivity index (χ0n) is 60.2. The van der Waals surface area contributed by atoms with Gasteiger partial charge in [0.1, 0.15) is 6.61 Å². The third-order valence-corrected chi connectivity index (χ3v) is 21.8. The van der Waals surface area contributed by atoms with Crippen molar-refractivity contribution in [3.63, 3.8) is 0 Å². The number of carbonyl (C=O) groups excluding carboxylic acids is 2. The Morgan fingerprint density at radius 2 is 0.767 bits per heavy atom. The number of fused-ring (bicyclic) bond motifs is 3. The molecule has 0 radical (unpaired) electrons. The summed E-state index contributed by atoms with van der Waals surface area (Å²) >= 11 is 0. The van der Waals surface area contributed by atoms with Crippen LogP contribution in [0.5, 0.6) is 0 Å². The van der Waals surface area contributed by atoms with E-state index in [9.17, 15) is 18.0 Å². The smallest absolute Gasteiger partial charge is 0.317 e. The number of hydrogen-bond donors (Lipinski definition) is 1. The first-order valence-electron chi connectivity index (χ1n) is 36.1. The summed E-state index contributed by atoms with van der Waals surface area (Å²) in [6.07, 6.45) is 47.1. The highest BCUT2D eigenvalue weighted by atomic mass is 32.2. The van der Waals surface area contributed by atoms with Crippen LogP contribution in [0.3, 0.4) is 0 Å². The minimum absolute atomic E-state index is 0.0172. The summed E-state index contributed by atoms with van der Waals surface area (Å²) in [6, 6.07) is 7.70. The zero-order valence-corrected chi connectivity index (χ0v) is 61.0. The molecule has 542 valence electrons. The minimum Gasteiger partial charge on any atom is -0.375 e. The van der Waals surface area contributed by atoms with Crippen molar-refractivity contribution in [3.05, 3.63) is 130 Å². The van der Waals surface area contributed by atoms with Gasteiger partial charge in [0.25, 0.3) is 0 Å². The fourth-order valence-corrected chi connectivity index (χ4v) is 15.2. The lowest BCUT2D eigenvalue weighted by molar-refractivity contribution is -0.136. The summed E-state index contributed by atoms with van der Waals surface area (Å²) in [4.78, 5) is 42.7. The number of ether oxygens (including phenoxy) is 1. The third-order valence-electron chi connectivity index (χ3n) is 20.5. The summed E-state index contributed by atoms with van der Waals surface area (Å²) in [5.41, 5.74) is 13.5. The molecule has 31 heteroatoms. The maximum Gasteiger partial charge on any atom is 0.317 e. The minimum atomic E-state index is -3.15. The Morgan fingerprint density at radius 3 is 1.08 bits per heavy atom. The summed E-state index contributed by atoms with van der Waals surface area (Å²) in [6.45, 7) is 17.1. The van der Waals surface area contributed by atoms with Gasteiger partial charge in [-0.15, -0.1) is 0 Å². The largest absolute Gasteiger partial charge is 0.375 e. The standard InChI is InChI=1S/C25H32N8O2.C24H31N9O.C23H30N8O2S/c1-4-20(5-2)31-15-19(13-28-31)25-23-6-9-26-33(23)16-22(29-25)18-12-27-32(14-18)21-7-10-30(11-8-21)24(34)17-35-3;1-4-19(5-2)31-15-18(13-28-31)23-22-6-9-26-33(22)16-21(29-23)17-12-27-32(14-17)20-7-10-30(11-8-20)24(34)25-3;1-4-19(5-2)29-15-18(13-26-29)23-22-6-9-24-31(22)16-21(27-23)17-12-25-30(14-17)20-7-10-28(11-8-20)34(3,32)33/h6,9,12-16,20-21H,4-5,7-8,10-11,17H2,1-3H3;6,9,12-16,19-20H,4-5,7-8,10-11H2,1-3H3,(H,25,34);6,9,12-16,19-20H,4-5,7-8,10-11H2,1-3H3. The molecule has 0 aliphatic carbocycles. The van der Waals surface area contributed by atoms with Crippen molar-refractivity contribution in [2.45, 2.75) is 155 Å². The van der Waals surface area contributed by atoms with E-state index in [1.54, 1.807) is 32.7 Å². The monoisotopic (exact) mass is 1420 g/mol. The zero-order chi connectivity index (χ0) is 71.9. The predicted octanol–water partition coefficient (Wildman–Crippen LogP) is 10.8. The van der Waals surface area contributed by atoms with E-state index in [4.69, 9.17) is 19.7 Å². The molecule has 3 aliphatic rings. The van der Waals surface area contributed by atoms with Crippen molar-refractivity contribution >= 4 is 38.5 Å². The van der Waals surface area contributed by atoms with Gasteiger partial charge in [-0.2, -0.15) is 45.9 Å². The Labute approximate surface area is 598 Å². The van der Waals surface area contributed by atoms with E-state index >= 15 is 0 Å². The Kier molecular flexibility index (Phi) is 21.8. The van der Waals surface area contributed by atoms with Gasteiger partial charge >= 0.3 is 6.03 Å². The lowest BCUT2D eigenvalue weighted by atomic mass is 10.1. The summed E-state index contributed by atoms with van der Waals surface area (Å²) in [7, 11) is 0.0743. The molecule has 1 N–H and O–H groups in total. The highest BCUT2D eigenvalue weighted by molar-refractivity contribution is 7.88. The molecule has 15 heterocycles. The van der Waals surface area contributed by atoms with Crippen molar-refractivity contribution in [3.8, 4) is 67.5 Å². The van der Waals surface area contributed by atoms with Crippen molar-refractivity contribution in [2.24, 2.45) is 0 Å². The highest BCUT2D eigenvalue weighted by Crippen LogP contribution is 2.35. The molecule has 0 spiro atoms. The molecule has 0 saturated carbocycles. The highest BCUT2D eigenvalue weighted by Gasteiger charge is 2.30. The summed E-state index contributed by atoms with van der Waals surface area (Å²) < 4.78 is 47.8. The molecular formula is C72H93N25O5S. The second-order valence-corrected chi connectivity index (χ2v) is 28.8. The summed E-state index contributed by atoms with van der Waals surface area (Å²) in [5, 5.41) is 43.8. The average molecular weight is 1420 g/mol. The van der Waals surface area contributed by atoms with Crippen LogP contribution in [0.15, 0.2) is 130 Å². The van der Waals surface area contributed by atoms with Gasteiger partial charge in [0.05, 0.1) is 168 Å². The van der Waals surface area contributed by atoms with E-state index in [1.807, 2.05) is 138 Å². The number of hydrogen-bond acceptors (Lipinski definition) is 17. The van der Waals surface area contributed by atoms with E-state index in [-0.39, 0.29) is 36.7 Å². The van der Waals surface area contributed by atoms with Crippen LogP contribution in [0.2, 0.25) is 0 Å². The van der Waals surface area contributed by atoms with Gasteiger partial charge in [-0.25, -0.2) is 46.0 Å². The molecule has 0 aromatic carbocycles. The van der Waals surface area contributed by atoms with Crippen molar-refractivity contribution in [1.29, 1.82) is 0 Å². The van der Waals surface area contributed by atoms with Crippen LogP contribution in [0, 0.1) is 0 Å². The topological polar surface area (TPSA) is 297 Å². The number of likely N-dealkylation sites (tertiary alicyclic amines) is 2. The molecule has 3 fully saturated rings. The molecule has 12 aromatic heterocycles. The van der Waals surface area contributed by atoms with Crippen LogP contribution in [-0.2, 0) is 19.6 Å². The van der Waals surface area contributed by atoms with E-state index in [0.29, 0.717) is 44.3 Å². The van der Waals surface area contributed by atoms with Crippen LogP contribution in [0.25, 0.3) is 84.1 Å². The fourth-order valence-electron chi connectivity index (χ4n) is 14.3. The number of nitrogens with one attached hydrogen (secondary N) is 1. The van der Waals surface area contributed by atoms with Crippen molar-refractivity contribution < 1.29 is 22.7 Å². The normalized spacial score (nSPS) is 15.3. The lowest BCUT2D eigenvalue weighted by Gasteiger charge is -2.32. The third kappa shape index (κ3) is 15.4. The molecule has 0 bridgehead atoms. The van der Waals surface area contributed by atoms with Crippen LogP contribution in [0.4, 0.5) is 4.79 Å². The van der Waals surface area contributed by atoms with Gasteiger partial charge in [-0.05, 0) is 95.2 Å². The number of sulfonamides is 1. The fraction of sp³-hybridized carbons (Fsp3) is 0.472. The molecule has 3 aliphatic heterocycles. The van der Waals surface area contributed by atoms with Gasteiger partial charge in [0.15, 0.2) is 0 Å². The van der Waals surface area contributed by atoms with Crippen LogP contribution in [-0.4, -0.2) is 203 Å². The van der Waals surface area contributed by atoms with Gasteiger partial charge in [0, 0.05) is 124 Å². The number of aromatic nitrogens is 21. The molecule has 12 aromatic rings. The van der Waals surface area contributed by atoms with Crippen molar-refractivity contribution in [2.75, 3.05) is 66.3 Å². The summed E-state index contributed by atoms with van der Waals surface area (Å²) in [5.74, 6) is 0.0453. The predicted molar refractivity (Wildman–Crippen MR) is 391 cm³/mol. The number of piperidine rings is 3. The number of urea groups is 1. The van der Waals surface area contributed by atoms with Crippen LogP contribution >= 0.6 is 0 Å². The van der Waals surface area contributed by atoms with E-state index < -0.39 is 10.0 Å². The van der Waals surface area contributed by atoms with Gasteiger partial charge < -0.3 is 19.9 Å². The second-order valence-electron chi connectivity index (χ2n) is 26.8. The maximum atomic E-state index is 12.1. The van der Waals surface area contributed by atoms with Gasteiger partial charge in [-0.1, -0.05) is 41.5 Å². The SMILES string of the molecule is CCC(CC)n1cc(-c2nc(-c3cnn(C4CCN(C(=O)COC)CC4)c3)cn3nccc23)cn1.CCC(CC)n1cc(-c2nc(-c3cnn(C4CCN(C(=O)NC)CC4)c3)cn3nccc23)cn1.CCC(CC)n1cc(-c2nc(-c3cnn(C4CCN(S(C)(=O)=O)CC4)c3)cn3nccc23)cn1. The van der Waals surface area contributed by atoms with Crippen LogP contribution in [0.1, 0.15) is 155 Å². The van der Waals surface area contributed by atoms with Gasteiger partial charge in [0.2, 0.25) is 15.9 Å². The Hall–Kier alpha value is -10.3.